The maximum atomic E-state index is 12.7. The number of carbonyl (C=O) groups is 2. The molecule has 6 nitrogen and oxygen atoms in total. The summed E-state index contributed by atoms with van der Waals surface area (Å²) in [5.41, 5.74) is 6.25. The Bertz CT molecular complexity index is 515. The van der Waals surface area contributed by atoms with E-state index in [1.54, 1.807) is 11.8 Å². The van der Waals surface area contributed by atoms with Crippen LogP contribution < -0.4 is 11.1 Å². The number of amides is 3. The van der Waals surface area contributed by atoms with Gasteiger partial charge in [0.1, 0.15) is 6.04 Å². The number of piperidine rings is 1. The molecule has 0 bridgehead atoms. The van der Waals surface area contributed by atoms with Gasteiger partial charge in [0, 0.05) is 13.1 Å². The molecule has 1 saturated heterocycles. The summed E-state index contributed by atoms with van der Waals surface area (Å²) in [5.74, 6) is -0.121. The number of hydrogen-bond acceptors (Lipinski definition) is 3. The summed E-state index contributed by atoms with van der Waals surface area (Å²) in [7, 11) is 0. The molecule has 2 rings (SSSR count). The highest BCUT2D eigenvalue weighted by Gasteiger charge is 2.31. The summed E-state index contributed by atoms with van der Waals surface area (Å²) in [6, 6.07) is 8.24. The van der Waals surface area contributed by atoms with E-state index in [0.29, 0.717) is 6.61 Å². The Kier molecular flexibility index (Phi) is 6.40. The molecule has 0 spiro atoms. The molecule has 3 N–H and O–H groups in total. The summed E-state index contributed by atoms with van der Waals surface area (Å²) < 4.78 is 5.79. The lowest BCUT2D eigenvalue weighted by molar-refractivity contribution is -0.138. The summed E-state index contributed by atoms with van der Waals surface area (Å²) in [6.45, 7) is 3.61. The Morgan fingerprint density at radius 1 is 1.22 bits per heavy atom. The molecule has 126 valence electrons. The molecule has 2 atom stereocenters. The van der Waals surface area contributed by atoms with Crippen molar-refractivity contribution in [3.8, 4) is 0 Å². The zero-order valence-electron chi connectivity index (χ0n) is 13.5. The van der Waals surface area contributed by atoms with Crippen LogP contribution in [0, 0.1) is 0 Å². The third-order valence-corrected chi connectivity index (χ3v) is 4.06. The molecule has 0 saturated carbocycles. The number of primary amides is 1. The highest BCUT2D eigenvalue weighted by molar-refractivity contribution is 5.87. The minimum atomic E-state index is -0.755. The van der Waals surface area contributed by atoms with Crippen molar-refractivity contribution in [2.45, 2.75) is 44.9 Å². The Morgan fingerprint density at radius 2 is 1.87 bits per heavy atom. The number of rotatable bonds is 6. The van der Waals surface area contributed by atoms with Gasteiger partial charge in [0.2, 0.25) is 5.91 Å². The molecule has 1 fully saturated rings. The van der Waals surface area contributed by atoms with Crippen LogP contribution in [0.15, 0.2) is 30.3 Å². The standard InChI is InChI=1S/C17H25N3O3/c1-13(23-12-14-8-4-2-5-9-14)15(19-17(18)22)16(21)20-10-6-3-7-11-20/h2,4-5,8-9,13,15H,3,6-7,10-12H2,1H3,(H3,18,19,22). The van der Waals surface area contributed by atoms with Gasteiger partial charge in [-0.3, -0.25) is 4.79 Å². The summed E-state index contributed by atoms with van der Waals surface area (Å²) >= 11 is 0. The molecule has 23 heavy (non-hydrogen) atoms. The quantitative estimate of drug-likeness (QED) is 0.836. The van der Waals surface area contributed by atoms with E-state index in [0.717, 1.165) is 37.9 Å². The fraction of sp³-hybridized carbons (Fsp3) is 0.529. The number of urea groups is 1. The van der Waals surface area contributed by atoms with Crippen LogP contribution >= 0.6 is 0 Å². The zero-order valence-corrected chi connectivity index (χ0v) is 13.5. The third-order valence-electron chi connectivity index (χ3n) is 4.06. The predicted molar refractivity (Wildman–Crippen MR) is 87.6 cm³/mol. The normalized spacial score (nSPS) is 17.3. The number of carbonyl (C=O) groups excluding carboxylic acids is 2. The number of nitrogens with zero attached hydrogens (tertiary/aromatic N) is 1. The highest BCUT2D eigenvalue weighted by atomic mass is 16.5. The van der Waals surface area contributed by atoms with Crippen LogP contribution in [0.3, 0.4) is 0 Å². The summed E-state index contributed by atoms with van der Waals surface area (Å²) in [6.07, 6.45) is 2.66. The monoisotopic (exact) mass is 319 g/mol. The third kappa shape index (κ3) is 5.25. The fourth-order valence-electron chi connectivity index (χ4n) is 2.74. The molecule has 1 aromatic carbocycles. The van der Waals surface area contributed by atoms with Gasteiger partial charge in [-0.05, 0) is 31.7 Å². The molecule has 1 heterocycles. The average Bonchev–Trinajstić information content (AvgIpc) is 2.58. The van der Waals surface area contributed by atoms with Crippen LogP contribution in [0.5, 0.6) is 0 Å². The number of hydrogen-bond donors (Lipinski definition) is 2. The zero-order chi connectivity index (χ0) is 16.7. The van der Waals surface area contributed by atoms with Crippen molar-refractivity contribution in [1.82, 2.24) is 10.2 Å². The van der Waals surface area contributed by atoms with Gasteiger partial charge >= 0.3 is 6.03 Å². The van der Waals surface area contributed by atoms with E-state index < -0.39 is 18.2 Å². The predicted octanol–water partition coefficient (Wildman–Crippen LogP) is 1.64. The summed E-state index contributed by atoms with van der Waals surface area (Å²) in [4.78, 5) is 25.7. The highest BCUT2D eigenvalue weighted by Crippen LogP contribution is 2.13. The van der Waals surface area contributed by atoms with Gasteiger partial charge in [-0.15, -0.1) is 0 Å². The van der Waals surface area contributed by atoms with Crippen LogP contribution in [0.2, 0.25) is 0 Å². The Morgan fingerprint density at radius 3 is 2.48 bits per heavy atom. The Hall–Kier alpha value is -2.08. The van der Waals surface area contributed by atoms with Crippen molar-refractivity contribution in [2.75, 3.05) is 13.1 Å². The number of nitrogens with one attached hydrogen (secondary N) is 1. The topological polar surface area (TPSA) is 84.7 Å². The molecule has 1 aliphatic heterocycles. The molecular weight excluding hydrogens is 294 g/mol. The van der Waals surface area contributed by atoms with Crippen LogP contribution in [-0.4, -0.2) is 42.1 Å². The fourth-order valence-corrected chi connectivity index (χ4v) is 2.74. The maximum absolute atomic E-state index is 12.7. The van der Waals surface area contributed by atoms with E-state index in [4.69, 9.17) is 10.5 Å². The Balaban J connectivity index is 1.98. The maximum Gasteiger partial charge on any atom is 0.312 e. The van der Waals surface area contributed by atoms with E-state index in [2.05, 4.69) is 5.32 Å². The molecule has 0 aromatic heterocycles. The first-order valence-electron chi connectivity index (χ1n) is 8.08. The first kappa shape index (κ1) is 17.3. The number of benzene rings is 1. The van der Waals surface area contributed by atoms with Crippen molar-refractivity contribution < 1.29 is 14.3 Å². The smallest absolute Gasteiger partial charge is 0.312 e. The van der Waals surface area contributed by atoms with Gasteiger partial charge in [-0.1, -0.05) is 30.3 Å². The molecule has 3 amide bonds. The van der Waals surface area contributed by atoms with E-state index in [-0.39, 0.29) is 5.91 Å². The molecule has 1 aliphatic rings. The van der Waals surface area contributed by atoms with E-state index in [1.165, 1.54) is 0 Å². The molecule has 6 heteroatoms. The van der Waals surface area contributed by atoms with Crippen molar-refractivity contribution in [2.24, 2.45) is 5.73 Å². The lowest BCUT2D eigenvalue weighted by atomic mass is 10.1. The largest absolute Gasteiger partial charge is 0.371 e. The van der Waals surface area contributed by atoms with E-state index in [1.807, 2.05) is 30.3 Å². The molecule has 1 aromatic rings. The second-order valence-electron chi connectivity index (χ2n) is 5.87. The van der Waals surface area contributed by atoms with Gasteiger partial charge in [0.25, 0.3) is 0 Å². The van der Waals surface area contributed by atoms with Crippen LogP contribution in [-0.2, 0) is 16.1 Å². The second kappa shape index (κ2) is 8.53. The van der Waals surface area contributed by atoms with Gasteiger partial charge in [-0.25, -0.2) is 4.79 Å². The lowest BCUT2D eigenvalue weighted by Gasteiger charge is -2.32. The van der Waals surface area contributed by atoms with Gasteiger partial charge in [-0.2, -0.15) is 0 Å². The minimum Gasteiger partial charge on any atom is -0.371 e. The van der Waals surface area contributed by atoms with E-state index in [9.17, 15) is 9.59 Å². The van der Waals surface area contributed by atoms with Crippen LogP contribution in [0.1, 0.15) is 31.7 Å². The number of likely N-dealkylation sites (tertiary alicyclic amines) is 1. The first-order chi connectivity index (χ1) is 11.1. The van der Waals surface area contributed by atoms with Crippen molar-refractivity contribution in [1.29, 1.82) is 0 Å². The SMILES string of the molecule is CC(OCc1ccccc1)C(NC(N)=O)C(=O)N1CCCCC1. The average molecular weight is 319 g/mol. The number of nitrogens with two attached hydrogens (primary N) is 1. The molecule has 0 aliphatic carbocycles. The minimum absolute atomic E-state index is 0.121. The van der Waals surface area contributed by atoms with Crippen LogP contribution in [0.4, 0.5) is 4.79 Å². The van der Waals surface area contributed by atoms with Gasteiger partial charge in [0.05, 0.1) is 12.7 Å². The lowest BCUT2D eigenvalue weighted by Crippen LogP contribution is -2.56. The van der Waals surface area contributed by atoms with Crippen molar-refractivity contribution in [3.63, 3.8) is 0 Å². The number of ether oxygens (including phenoxy) is 1. The van der Waals surface area contributed by atoms with Gasteiger partial charge < -0.3 is 20.7 Å². The molecule has 0 radical (unpaired) electrons. The van der Waals surface area contributed by atoms with Crippen molar-refractivity contribution in [3.05, 3.63) is 35.9 Å². The van der Waals surface area contributed by atoms with Crippen molar-refractivity contribution >= 4 is 11.9 Å². The van der Waals surface area contributed by atoms with E-state index >= 15 is 0 Å². The molecular formula is C17H25N3O3. The second-order valence-corrected chi connectivity index (χ2v) is 5.87. The first-order valence-corrected chi connectivity index (χ1v) is 8.08. The summed E-state index contributed by atoms with van der Waals surface area (Å²) in [5, 5.41) is 2.54. The van der Waals surface area contributed by atoms with Crippen LogP contribution in [0.25, 0.3) is 0 Å². The van der Waals surface area contributed by atoms with Gasteiger partial charge in [0.15, 0.2) is 0 Å². The molecule has 2 unspecified atom stereocenters. The Labute approximate surface area is 137 Å².